The summed E-state index contributed by atoms with van der Waals surface area (Å²) in [6.45, 7) is 9.22. The first-order valence-corrected chi connectivity index (χ1v) is 7.42. The Kier molecular flexibility index (Phi) is 5.75. The van der Waals surface area contributed by atoms with Crippen molar-refractivity contribution in [3.8, 4) is 0 Å². The molecule has 0 aromatic rings. The maximum atomic E-state index is 5.41. The van der Waals surface area contributed by atoms with Gasteiger partial charge in [0.25, 0.3) is 0 Å². The lowest BCUT2D eigenvalue weighted by Crippen LogP contribution is -2.36. The van der Waals surface area contributed by atoms with Crippen molar-refractivity contribution in [3.63, 3.8) is 0 Å². The number of rotatable bonds is 4. The summed E-state index contributed by atoms with van der Waals surface area (Å²) in [5.74, 6) is 0.856. The molecule has 1 unspecified atom stereocenters. The van der Waals surface area contributed by atoms with Crippen LogP contribution in [-0.2, 0) is 4.74 Å². The van der Waals surface area contributed by atoms with E-state index < -0.39 is 0 Å². The highest BCUT2D eigenvalue weighted by Crippen LogP contribution is 2.15. The predicted octanol–water partition coefficient (Wildman–Crippen LogP) is 1.88. The molecular weight excluding hydrogens is 212 g/mol. The van der Waals surface area contributed by atoms with E-state index in [0.717, 1.165) is 25.2 Å². The molecule has 0 amide bonds. The van der Waals surface area contributed by atoms with Gasteiger partial charge in [0, 0.05) is 19.3 Å². The molecule has 2 fully saturated rings. The van der Waals surface area contributed by atoms with Crippen LogP contribution in [0.25, 0.3) is 0 Å². The van der Waals surface area contributed by atoms with Gasteiger partial charge in [-0.2, -0.15) is 0 Å². The zero-order chi connectivity index (χ0) is 11.9. The van der Waals surface area contributed by atoms with Crippen molar-refractivity contribution < 1.29 is 4.74 Å². The van der Waals surface area contributed by atoms with Crippen molar-refractivity contribution in [1.82, 2.24) is 10.2 Å². The van der Waals surface area contributed by atoms with Crippen LogP contribution in [0.1, 0.15) is 39.0 Å². The number of nitrogens with one attached hydrogen (secondary N) is 1. The minimum absolute atomic E-state index is 0.759. The molecule has 100 valence electrons. The van der Waals surface area contributed by atoms with Gasteiger partial charge in [-0.25, -0.2) is 0 Å². The second kappa shape index (κ2) is 7.34. The Morgan fingerprint density at radius 2 is 1.94 bits per heavy atom. The molecule has 0 bridgehead atoms. The second-order valence-corrected chi connectivity index (χ2v) is 5.53. The van der Waals surface area contributed by atoms with Gasteiger partial charge in [-0.1, -0.05) is 6.92 Å². The fraction of sp³-hybridized carbons (Fsp3) is 1.00. The van der Waals surface area contributed by atoms with Crippen LogP contribution in [0.15, 0.2) is 0 Å². The Hall–Kier alpha value is -0.120. The van der Waals surface area contributed by atoms with Crippen LogP contribution in [0.2, 0.25) is 0 Å². The molecule has 3 heteroatoms. The molecular formula is C14H28N2O. The van der Waals surface area contributed by atoms with Gasteiger partial charge in [0.2, 0.25) is 0 Å². The van der Waals surface area contributed by atoms with Crippen molar-refractivity contribution in [2.24, 2.45) is 5.92 Å². The maximum Gasteiger partial charge on any atom is 0.0469 e. The van der Waals surface area contributed by atoms with Crippen LogP contribution in [0.4, 0.5) is 0 Å². The van der Waals surface area contributed by atoms with E-state index in [9.17, 15) is 0 Å². The SMILES string of the molecule is CCN1CCCC(NCC2CCOCC2)CC1. The van der Waals surface area contributed by atoms with E-state index in [1.807, 2.05) is 0 Å². The number of hydrogen-bond donors (Lipinski definition) is 1. The molecule has 2 aliphatic heterocycles. The maximum absolute atomic E-state index is 5.41. The predicted molar refractivity (Wildman–Crippen MR) is 71.3 cm³/mol. The van der Waals surface area contributed by atoms with Crippen LogP contribution >= 0.6 is 0 Å². The van der Waals surface area contributed by atoms with Crippen LogP contribution < -0.4 is 5.32 Å². The van der Waals surface area contributed by atoms with Crippen molar-refractivity contribution in [2.75, 3.05) is 39.4 Å². The van der Waals surface area contributed by atoms with Crippen LogP contribution in [0.3, 0.4) is 0 Å². The topological polar surface area (TPSA) is 24.5 Å². The van der Waals surface area contributed by atoms with E-state index in [1.54, 1.807) is 0 Å². The van der Waals surface area contributed by atoms with Gasteiger partial charge in [0.1, 0.15) is 0 Å². The zero-order valence-corrected chi connectivity index (χ0v) is 11.3. The molecule has 1 atom stereocenters. The third-order valence-corrected chi connectivity index (χ3v) is 4.30. The largest absolute Gasteiger partial charge is 0.381 e. The molecule has 2 saturated heterocycles. The van der Waals surface area contributed by atoms with Gasteiger partial charge < -0.3 is 15.0 Å². The summed E-state index contributed by atoms with van der Waals surface area (Å²) in [4.78, 5) is 2.58. The number of likely N-dealkylation sites (tertiary alicyclic amines) is 1. The lowest BCUT2D eigenvalue weighted by molar-refractivity contribution is 0.0653. The average Bonchev–Trinajstić information content (AvgIpc) is 2.62. The highest BCUT2D eigenvalue weighted by Gasteiger charge is 2.18. The van der Waals surface area contributed by atoms with Gasteiger partial charge in [-0.3, -0.25) is 0 Å². The number of hydrogen-bond acceptors (Lipinski definition) is 3. The first-order chi connectivity index (χ1) is 8.38. The van der Waals surface area contributed by atoms with E-state index in [0.29, 0.717) is 0 Å². The summed E-state index contributed by atoms with van der Waals surface area (Å²) in [5.41, 5.74) is 0. The van der Waals surface area contributed by atoms with E-state index in [-0.39, 0.29) is 0 Å². The molecule has 0 aromatic heterocycles. The minimum Gasteiger partial charge on any atom is -0.381 e. The van der Waals surface area contributed by atoms with Gasteiger partial charge in [-0.05, 0) is 64.2 Å². The number of ether oxygens (including phenoxy) is 1. The Morgan fingerprint density at radius 3 is 2.71 bits per heavy atom. The monoisotopic (exact) mass is 240 g/mol. The van der Waals surface area contributed by atoms with Crippen molar-refractivity contribution in [3.05, 3.63) is 0 Å². The molecule has 0 aromatic carbocycles. The van der Waals surface area contributed by atoms with E-state index in [1.165, 1.54) is 58.3 Å². The lowest BCUT2D eigenvalue weighted by Gasteiger charge is -2.25. The third kappa shape index (κ3) is 4.57. The molecule has 2 aliphatic rings. The van der Waals surface area contributed by atoms with E-state index >= 15 is 0 Å². The summed E-state index contributed by atoms with van der Waals surface area (Å²) in [7, 11) is 0. The highest BCUT2D eigenvalue weighted by molar-refractivity contribution is 4.76. The standard InChI is InChI=1S/C14H28N2O/c1-2-16-8-3-4-14(5-9-16)15-12-13-6-10-17-11-7-13/h13-15H,2-12H2,1H3. The zero-order valence-electron chi connectivity index (χ0n) is 11.3. The quantitative estimate of drug-likeness (QED) is 0.812. The summed E-state index contributed by atoms with van der Waals surface area (Å²) >= 11 is 0. The van der Waals surface area contributed by atoms with Crippen molar-refractivity contribution in [2.45, 2.75) is 45.1 Å². The smallest absolute Gasteiger partial charge is 0.0469 e. The molecule has 0 saturated carbocycles. The van der Waals surface area contributed by atoms with E-state index in [4.69, 9.17) is 4.74 Å². The van der Waals surface area contributed by atoms with Gasteiger partial charge in [0.15, 0.2) is 0 Å². The van der Waals surface area contributed by atoms with Crippen molar-refractivity contribution >= 4 is 0 Å². The summed E-state index contributed by atoms with van der Waals surface area (Å²) in [6.07, 6.45) is 6.55. The molecule has 3 nitrogen and oxygen atoms in total. The first kappa shape index (κ1) is 13.3. The Labute approximate surface area is 106 Å². The van der Waals surface area contributed by atoms with Gasteiger partial charge >= 0.3 is 0 Å². The molecule has 17 heavy (non-hydrogen) atoms. The van der Waals surface area contributed by atoms with Crippen molar-refractivity contribution in [1.29, 1.82) is 0 Å². The fourth-order valence-corrected chi connectivity index (χ4v) is 2.96. The van der Waals surface area contributed by atoms with Gasteiger partial charge in [0.05, 0.1) is 0 Å². The van der Waals surface area contributed by atoms with E-state index in [2.05, 4.69) is 17.1 Å². The van der Waals surface area contributed by atoms with Crippen LogP contribution in [0.5, 0.6) is 0 Å². The van der Waals surface area contributed by atoms with Crippen LogP contribution in [-0.4, -0.2) is 50.3 Å². The second-order valence-electron chi connectivity index (χ2n) is 5.53. The van der Waals surface area contributed by atoms with Crippen LogP contribution in [0, 0.1) is 5.92 Å². The normalized spacial score (nSPS) is 29.1. The Bertz CT molecular complexity index is 204. The molecule has 0 radical (unpaired) electrons. The average molecular weight is 240 g/mol. The molecule has 1 N–H and O–H groups in total. The lowest BCUT2D eigenvalue weighted by atomic mass is 9.99. The van der Waals surface area contributed by atoms with Gasteiger partial charge in [-0.15, -0.1) is 0 Å². The summed E-state index contributed by atoms with van der Waals surface area (Å²) in [5, 5.41) is 3.79. The fourth-order valence-electron chi connectivity index (χ4n) is 2.96. The molecule has 2 rings (SSSR count). The number of nitrogens with zero attached hydrogens (tertiary/aromatic N) is 1. The highest BCUT2D eigenvalue weighted by atomic mass is 16.5. The molecule has 0 spiro atoms. The molecule has 2 heterocycles. The summed E-state index contributed by atoms with van der Waals surface area (Å²) in [6, 6.07) is 0.759. The first-order valence-electron chi connectivity index (χ1n) is 7.42. The Balaban J connectivity index is 1.64. The minimum atomic E-state index is 0.759. The third-order valence-electron chi connectivity index (χ3n) is 4.30. The molecule has 0 aliphatic carbocycles. The Morgan fingerprint density at radius 1 is 1.12 bits per heavy atom. The summed E-state index contributed by atoms with van der Waals surface area (Å²) < 4.78 is 5.41.